The van der Waals surface area contributed by atoms with Crippen molar-refractivity contribution in [1.82, 2.24) is 14.1 Å². The van der Waals surface area contributed by atoms with Gasteiger partial charge in [-0.05, 0) is 48.4 Å². The molecular formula is C23H30FN3O3S. The number of sulfonamides is 1. The minimum Gasteiger partial charge on any atom is -0.339 e. The highest BCUT2D eigenvalue weighted by Gasteiger charge is 2.30. The molecule has 1 aliphatic heterocycles. The van der Waals surface area contributed by atoms with E-state index in [-0.39, 0.29) is 30.4 Å². The van der Waals surface area contributed by atoms with E-state index < -0.39 is 15.8 Å². The first-order valence-corrected chi connectivity index (χ1v) is 11.9. The van der Waals surface area contributed by atoms with Gasteiger partial charge in [0.1, 0.15) is 5.82 Å². The van der Waals surface area contributed by atoms with E-state index in [1.54, 1.807) is 4.90 Å². The lowest BCUT2D eigenvalue weighted by Crippen LogP contribution is -2.52. The molecule has 1 heterocycles. The van der Waals surface area contributed by atoms with Crippen molar-refractivity contribution < 1.29 is 17.6 Å². The molecule has 2 aromatic carbocycles. The van der Waals surface area contributed by atoms with Crippen molar-refractivity contribution in [2.45, 2.75) is 31.2 Å². The molecule has 0 atom stereocenters. The molecule has 1 amide bonds. The molecule has 0 spiro atoms. The van der Waals surface area contributed by atoms with E-state index in [4.69, 9.17) is 0 Å². The summed E-state index contributed by atoms with van der Waals surface area (Å²) in [6, 6.07) is 13.2. The number of rotatable bonds is 7. The third-order valence-corrected chi connectivity index (χ3v) is 7.46. The summed E-state index contributed by atoms with van der Waals surface area (Å²) in [5.74, 6) is -0.00613. The van der Waals surface area contributed by atoms with Crippen LogP contribution in [-0.4, -0.2) is 68.2 Å². The highest BCUT2D eigenvalue weighted by atomic mass is 32.2. The number of likely N-dealkylation sites (N-methyl/N-ethyl adjacent to an activating group) is 1. The van der Waals surface area contributed by atoms with Crippen molar-refractivity contribution in [3.8, 4) is 0 Å². The topological polar surface area (TPSA) is 60.9 Å². The number of piperazine rings is 1. The third kappa shape index (κ3) is 5.90. The van der Waals surface area contributed by atoms with Crippen molar-refractivity contribution in [2.24, 2.45) is 0 Å². The van der Waals surface area contributed by atoms with E-state index in [2.05, 4.69) is 38.1 Å². The van der Waals surface area contributed by atoms with E-state index in [0.717, 1.165) is 17.7 Å². The standard InChI is InChI=1S/C23H30FN3O3S/c1-18(2)20-6-4-19(5-7-20)16-25(3)17-23(28)26-12-14-27(15-13-26)31(29,30)22-10-8-21(24)9-11-22/h4-11,18H,12-17H2,1-3H3. The normalized spacial score (nSPS) is 15.6. The monoisotopic (exact) mass is 447 g/mol. The summed E-state index contributed by atoms with van der Waals surface area (Å²) in [5.41, 5.74) is 2.44. The minimum absolute atomic E-state index is 0.0138. The van der Waals surface area contributed by atoms with Crippen molar-refractivity contribution in [1.29, 1.82) is 0 Å². The van der Waals surface area contributed by atoms with Gasteiger partial charge in [0.2, 0.25) is 15.9 Å². The van der Waals surface area contributed by atoms with Crippen LogP contribution in [0, 0.1) is 5.82 Å². The van der Waals surface area contributed by atoms with Gasteiger partial charge >= 0.3 is 0 Å². The first-order valence-electron chi connectivity index (χ1n) is 10.5. The zero-order valence-electron chi connectivity index (χ0n) is 18.3. The molecule has 8 heteroatoms. The summed E-state index contributed by atoms with van der Waals surface area (Å²) in [5, 5.41) is 0. The van der Waals surface area contributed by atoms with Gasteiger partial charge in [0.15, 0.2) is 0 Å². The molecule has 0 aromatic heterocycles. The summed E-state index contributed by atoms with van der Waals surface area (Å²) in [6.45, 7) is 6.40. The zero-order valence-corrected chi connectivity index (χ0v) is 19.1. The average molecular weight is 448 g/mol. The maximum absolute atomic E-state index is 13.1. The molecule has 1 saturated heterocycles. The summed E-state index contributed by atoms with van der Waals surface area (Å²) in [4.78, 5) is 16.4. The number of hydrogen-bond acceptors (Lipinski definition) is 4. The van der Waals surface area contributed by atoms with Gasteiger partial charge in [-0.1, -0.05) is 38.1 Å². The number of amides is 1. The van der Waals surface area contributed by atoms with Crippen molar-refractivity contribution in [2.75, 3.05) is 39.8 Å². The molecule has 0 aliphatic carbocycles. The Morgan fingerprint density at radius 3 is 2.13 bits per heavy atom. The van der Waals surface area contributed by atoms with Crippen LogP contribution in [0.1, 0.15) is 30.9 Å². The fourth-order valence-electron chi connectivity index (χ4n) is 3.64. The molecule has 2 aromatic rings. The second-order valence-corrected chi connectivity index (χ2v) is 10.2. The fraction of sp³-hybridized carbons (Fsp3) is 0.435. The summed E-state index contributed by atoms with van der Waals surface area (Å²) in [6.07, 6.45) is 0. The predicted octanol–water partition coefficient (Wildman–Crippen LogP) is 2.91. The lowest BCUT2D eigenvalue weighted by molar-refractivity contribution is -0.133. The van der Waals surface area contributed by atoms with Crippen molar-refractivity contribution in [3.05, 3.63) is 65.5 Å². The van der Waals surface area contributed by atoms with Crippen LogP contribution in [0.2, 0.25) is 0 Å². The molecule has 1 aliphatic rings. The summed E-state index contributed by atoms with van der Waals surface area (Å²) >= 11 is 0. The van der Waals surface area contributed by atoms with Gasteiger partial charge in [-0.3, -0.25) is 9.69 Å². The average Bonchev–Trinajstić information content (AvgIpc) is 2.74. The Kier molecular flexibility index (Phi) is 7.46. The van der Waals surface area contributed by atoms with Crippen LogP contribution in [-0.2, 0) is 21.4 Å². The smallest absolute Gasteiger partial charge is 0.243 e. The Balaban J connectivity index is 1.51. The first-order chi connectivity index (χ1) is 14.7. The van der Waals surface area contributed by atoms with Gasteiger partial charge < -0.3 is 4.90 Å². The van der Waals surface area contributed by atoms with E-state index in [9.17, 15) is 17.6 Å². The van der Waals surface area contributed by atoms with Crippen LogP contribution in [0.3, 0.4) is 0 Å². The van der Waals surface area contributed by atoms with Gasteiger partial charge in [0, 0.05) is 32.7 Å². The van der Waals surface area contributed by atoms with Crippen LogP contribution >= 0.6 is 0 Å². The first kappa shape index (κ1) is 23.4. The molecule has 0 saturated carbocycles. The number of nitrogens with zero attached hydrogens (tertiary/aromatic N) is 3. The van der Waals surface area contributed by atoms with Gasteiger partial charge in [-0.15, -0.1) is 0 Å². The van der Waals surface area contributed by atoms with Crippen molar-refractivity contribution in [3.63, 3.8) is 0 Å². The highest BCUT2D eigenvalue weighted by Crippen LogP contribution is 2.19. The number of hydrogen-bond donors (Lipinski definition) is 0. The van der Waals surface area contributed by atoms with Gasteiger partial charge in [-0.25, -0.2) is 12.8 Å². The Hall–Kier alpha value is -2.29. The van der Waals surface area contributed by atoms with E-state index in [1.807, 2.05) is 11.9 Å². The van der Waals surface area contributed by atoms with Crippen LogP contribution in [0.15, 0.2) is 53.4 Å². The zero-order chi connectivity index (χ0) is 22.6. The second-order valence-electron chi connectivity index (χ2n) is 8.31. The Morgan fingerprint density at radius 1 is 1.00 bits per heavy atom. The van der Waals surface area contributed by atoms with Gasteiger partial charge in [0.05, 0.1) is 11.4 Å². The molecule has 6 nitrogen and oxygen atoms in total. The molecule has 0 bridgehead atoms. The lowest BCUT2D eigenvalue weighted by Gasteiger charge is -2.34. The predicted molar refractivity (Wildman–Crippen MR) is 119 cm³/mol. The number of halogens is 1. The van der Waals surface area contributed by atoms with Gasteiger partial charge in [-0.2, -0.15) is 4.31 Å². The number of benzene rings is 2. The molecule has 31 heavy (non-hydrogen) atoms. The maximum Gasteiger partial charge on any atom is 0.243 e. The number of carbonyl (C=O) groups is 1. The minimum atomic E-state index is -3.68. The molecule has 3 rings (SSSR count). The van der Waals surface area contributed by atoms with Crippen LogP contribution in [0.4, 0.5) is 4.39 Å². The van der Waals surface area contributed by atoms with Crippen molar-refractivity contribution >= 4 is 15.9 Å². The Morgan fingerprint density at radius 2 is 1.58 bits per heavy atom. The summed E-state index contributed by atoms with van der Waals surface area (Å²) < 4.78 is 39.9. The van der Waals surface area contributed by atoms with Crippen LogP contribution in [0.25, 0.3) is 0 Å². The van der Waals surface area contributed by atoms with Crippen LogP contribution < -0.4 is 0 Å². The third-order valence-electron chi connectivity index (χ3n) is 5.55. The lowest BCUT2D eigenvalue weighted by atomic mass is 10.0. The molecule has 0 radical (unpaired) electrons. The molecule has 1 fully saturated rings. The molecular weight excluding hydrogens is 417 g/mol. The molecule has 0 N–H and O–H groups in total. The van der Waals surface area contributed by atoms with Gasteiger partial charge in [0.25, 0.3) is 0 Å². The molecule has 168 valence electrons. The van der Waals surface area contributed by atoms with Crippen LogP contribution in [0.5, 0.6) is 0 Å². The van der Waals surface area contributed by atoms with E-state index in [0.29, 0.717) is 25.6 Å². The quantitative estimate of drug-likeness (QED) is 0.655. The maximum atomic E-state index is 13.1. The van der Waals surface area contributed by atoms with E-state index >= 15 is 0 Å². The Bertz CT molecular complexity index is 984. The summed E-state index contributed by atoms with van der Waals surface area (Å²) in [7, 11) is -1.78. The SMILES string of the molecule is CC(C)c1ccc(CN(C)CC(=O)N2CCN(S(=O)(=O)c3ccc(F)cc3)CC2)cc1. The highest BCUT2D eigenvalue weighted by molar-refractivity contribution is 7.89. The van der Waals surface area contributed by atoms with E-state index in [1.165, 1.54) is 22.0 Å². The molecule has 0 unspecified atom stereocenters. The number of carbonyl (C=O) groups excluding carboxylic acids is 1. The Labute approximate surface area is 184 Å². The largest absolute Gasteiger partial charge is 0.339 e. The second kappa shape index (κ2) is 9.89. The fourth-order valence-corrected chi connectivity index (χ4v) is 5.06.